The van der Waals surface area contributed by atoms with Gasteiger partial charge in [0.2, 0.25) is 0 Å². The monoisotopic (exact) mass is 254 g/mol. The maximum absolute atomic E-state index is 12.2. The third kappa shape index (κ3) is 3.12. The highest BCUT2D eigenvalue weighted by Crippen LogP contribution is 2.26. The van der Waals surface area contributed by atoms with Crippen LogP contribution in [0.5, 0.6) is 5.75 Å². The summed E-state index contributed by atoms with van der Waals surface area (Å²) in [6, 6.07) is 4.89. The molecule has 6 nitrogen and oxygen atoms in total. The first-order valence-corrected chi connectivity index (χ1v) is 5.59. The van der Waals surface area contributed by atoms with Crippen LogP contribution in [0.3, 0.4) is 0 Å². The summed E-state index contributed by atoms with van der Waals surface area (Å²) in [5.74, 6) is -0.0226. The molecule has 100 valence electrons. The van der Waals surface area contributed by atoms with E-state index in [2.05, 4.69) is 0 Å². The summed E-state index contributed by atoms with van der Waals surface area (Å²) < 4.78 is 5.11. The molecule has 0 heterocycles. The number of carbonyl (C=O) groups is 1. The van der Waals surface area contributed by atoms with Crippen LogP contribution in [0.25, 0.3) is 0 Å². The van der Waals surface area contributed by atoms with Crippen LogP contribution in [0.4, 0.5) is 5.69 Å². The van der Waals surface area contributed by atoms with Gasteiger partial charge in [-0.25, -0.2) is 0 Å². The molecule has 1 amide bonds. The fourth-order valence-corrected chi connectivity index (χ4v) is 1.68. The number of ether oxygens (including phenoxy) is 1. The van der Waals surface area contributed by atoms with Crippen molar-refractivity contribution in [2.45, 2.75) is 0 Å². The molecule has 0 spiro atoms. The first kappa shape index (κ1) is 14.3. The minimum Gasteiger partial charge on any atom is -0.494 e. The Kier molecular flexibility index (Phi) is 5.41. The van der Waals surface area contributed by atoms with Crippen molar-refractivity contribution in [2.24, 2.45) is 0 Å². The number of anilines is 1. The molecule has 0 atom stereocenters. The highest BCUT2D eigenvalue weighted by atomic mass is 16.5. The van der Waals surface area contributed by atoms with Crippen molar-refractivity contribution in [3.8, 4) is 5.75 Å². The van der Waals surface area contributed by atoms with Crippen molar-refractivity contribution in [1.29, 1.82) is 0 Å². The predicted octanol–water partition coefficient (Wildman–Crippen LogP) is -0.296. The van der Waals surface area contributed by atoms with Gasteiger partial charge in [0.1, 0.15) is 0 Å². The topological polar surface area (TPSA) is 96.0 Å². The van der Waals surface area contributed by atoms with Crippen molar-refractivity contribution in [3.63, 3.8) is 0 Å². The summed E-state index contributed by atoms with van der Waals surface area (Å²) in [5, 5.41) is 17.8. The van der Waals surface area contributed by atoms with Crippen LogP contribution in [0.15, 0.2) is 18.2 Å². The number of hydrogen-bond donors (Lipinski definition) is 3. The number of benzene rings is 1. The van der Waals surface area contributed by atoms with Crippen LogP contribution in [0.2, 0.25) is 0 Å². The predicted molar refractivity (Wildman–Crippen MR) is 67.5 cm³/mol. The Morgan fingerprint density at radius 2 is 1.94 bits per heavy atom. The Morgan fingerprint density at radius 1 is 1.33 bits per heavy atom. The number of aliphatic hydroxyl groups is 2. The smallest absolute Gasteiger partial charge is 0.257 e. The minimum absolute atomic E-state index is 0.150. The van der Waals surface area contributed by atoms with Crippen LogP contribution in [-0.2, 0) is 0 Å². The van der Waals surface area contributed by atoms with Gasteiger partial charge in [0.15, 0.2) is 5.75 Å². The Morgan fingerprint density at radius 3 is 2.44 bits per heavy atom. The molecule has 1 aromatic rings. The standard InChI is InChI=1S/C12H18N2O4/c1-18-11-9(3-2-4-10(11)13)12(17)14(5-7-15)6-8-16/h2-4,15-16H,5-8,13H2,1H3. The van der Waals surface area contributed by atoms with E-state index in [1.807, 2.05) is 0 Å². The molecule has 4 N–H and O–H groups in total. The number of amides is 1. The van der Waals surface area contributed by atoms with Crippen LogP contribution in [0, 0.1) is 0 Å². The van der Waals surface area contributed by atoms with E-state index < -0.39 is 0 Å². The number of methoxy groups -OCH3 is 1. The lowest BCUT2D eigenvalue weighted by Crippen LogP contribution is -2.36. The van der Waals surface area contributed by atoms with Gasteiger partial charge in [-0.15, -0.1) is 0 Å². The van der Waals surface area contributed by atoms with Gasteiger partial charge < -0.3 is 25.6 Å². The number of nitrogens with two attached hydrogens (primary N) is 1. The first-order chi connectivity index (χ1) is 8.65. The van der Waals surface area contributed by atoms with E-state index in [1.54, 1.807) is 18.2 Å². The number of carbonyl (C=O) groups excluding carboxylic acids is 1. The molecule has 18 heavy (non-hydrogen) atoms. The molecule has 0 saturated carbocycles. The normalized spacial score (nSPS) is 10.2. The molecule has 0 aliphatic carbocycles. The number of para-hydroxylation sites is 1. The highest BCUT2D eigenvalue weighted by Gasteiger charge is 2.20. The molecule has 0 aliphatic heterocycles. The molecular formula is C12H18N2O4. The second kappa shape index (κ2) is 6.83. The third-order valence-corrected chi connectivity index (χ3v) is 2.51. The Bertz CT molecular complexity index is 403. The van der Waals surface area contributed by atoms with Crippen LogP contribution >= 0.6 is 0 Å². The molecule has 0 aliphatic rings. The van der Waals surface area contributed by atoms with E-state index in [9.17, 15) is 4.79 Å². The molecule has 0 unspecified atom stereocenters. The van der Waals surface area contributed by atoms with E-state index in [1.165, 1.54) is 12.0 Å². The van der Waals surface area contributed by atoms with Crippen LogP contribution in [-0.4, -0.2) is 54.4 Å². The molecular weight excluding hydrogens is 236 g/mol. The fourth-order valence-electron chi connectivity index (χ4n) is 1.68. The van der Waals surface area contributed by atoms with Crippen LogP contribution in [0.1, 0.15) is 10.4 Å². The molecule has 0 aromatic heterocycles. The number of hydrogen-bond acceptors (Lipinski definition) is 5. The summed E-state index contributed by atoms with van der Waals surface area (Å²) in [4.78, 5) is 13.6. The maximum Gasteiger partial charge on any atom is 0.257 e. The molecule has 0 saturated heterocycles. The van der Waals surface area contributed by atoms with Gasteiger partial charge in [0.25, 0.3) is 5.91 Å². The summed E-state index contributed by atoms with van der Waals surface area (Å²) >= 11 is 0. The zero-order valence-electron chi connectivity index (χ0n) is 10.3. The highest BCUT2D eigenvalue weighted by molar-refractivity contribution is 5.98. The average molecular weight is 254 g/mol. The van der Waals surface area contributed by atoms with E-state index in [0.717, 1.165) is 0 Å². The second-order valence-corrected chi connectivity index (χ2v) is 3.67. The summed E-state index contributed by atoms with van der Waals surface area (Å²) in [6.45, 7) is -0.0402. The molecule has 1 aromatic carbocycles. The maximum atomic E-state index is 12.2. The van der Waals surface area contributed by atoms with Crippen molar-refractivity contribution >= 4 is 11.6 Å². The van der Waals surface area contributed by atoms with E-state index >= 15 is 0 Å². The number of nitrogens with zero attached hydrogens (tertiary/aromatic N) is 1. The number of aliphatic hydroxyl groups excluding tert-OH is 2. The SMILES string of the molecule is COc1c(N)cccc1C(=O)N(CCO)CCO. The molecule has 0 fully saturated rings. The lowest BCUT2D eigenvalue weighted by molar-refractivity contribution is 0.0681. The Balaban J connectivity index is 3.04. The average Bonchev–Trinajstić information content (AvgIpc) is 2.37. The van der Waals surface area contributed by atoms with Gasteiger partial charge in [-0.2, -0.15) is 0 Å². The molecule has 1 rings (SSSR count). The van der Waals surface area contributed by atoms with Gasteiger partial charge >= 0.3 is 0 Å². The van der Waals surface area contributed by atoms with Crippen molar-refractivity contribution in [3.05, 3.63) is 23.8 Å². The first-order valence-electron chi connectivity index (χ1n) is 5.59. The van der Waals surface area contributed by atoms with Gasteiger partial charge in [-0.1, -0.05) is 6.07 Å². The second-order valence-electron chi connectivity index (χ2n) is 3.67. The third-order valence-electron chi connectivity index (χ3n) is 2.51. The summed E-state index contributed by atoms with van der Waals surface area (Å²) in [5.41, 5.74) is 6.41. The quantitative estimate of drug-likeness (QED) is 0.606. The zero-order chi connectivity index (χ0) is 13.5. The summed E-state index contributed by atoms with van der Waals surface area (Å²) in [7, 11) is 1.44. The molecule has 6 heteroatoms. The lowest BCUT2D eigenvalue weighted by atomic mass is 10.1. The Hall–Kier alpha value is -1.79. The molecule has 0 bridgehead atoms. The fraction of sp³-hybridized carbons (Fsp3) is 0.417. The van der Waals surface area contributed by atoms with Gasteiger partial charge in [-0.05, 0) is 12.1 Å². The lowest BCUT2D eigenvalue weighted by Gasteiger charge is -2.22. The van der Waals surface area contributed by atoms with E-state index in [0.29, 0.717) is 17.0 Å². The van der Waals surface area contributed by atoms with Gasteiger partial charge in [0, 0.05) is 13.1 Å². The Labute approximate surface area is 106 Å². The van der Waals surface area contributed by atoms with E-state index in [4.69, 9.17) is 20.7 Å². The number of nitrogen functional groups attached to an aromatic ring is 1. The van der Waals surface area contributed by atoms with Crippen molar-refractivity contribution in [2.75, 3.05) is 39.1 Å². The largest absolute Gasteiger partial charge is 0.494 e. The van der Waals surface area contributed by atoms with Crippen molar-refractivity contribution in [1.82, 2.24) is 4.90 Å². The van der Waals surface area contributed by atoms with Gasteiger partial charge in [0.05, 0.1) is 31.6 Å². The minimum atomic E-state index is -0.331. The zero-order valence-corrected chi connectivity index (χ0v) is 10.3. The van der Waals surface area contributed by atoms with Gasteiger partial charge in [-0.3, -0.25) is 4.79 Å². The molecule has 0 radical (unpaired) electrons. The van der Waals surface area contributed by atoms with Crippen LogP contribution < -0.4 is 10.5 Å². The number of rotatable bonds is 6. The van der Waals surface area contributed by atoms with Crippen molar-refractivity contribution < 1.29 is 19.7 Å². The van der Waals surface area contributed by atoms with E-state index in [-0.39, 0.29) is 32.2 Å². The summed E-state index contributed by atoms with van der Waals surface area (Å²) in [6.07, 6.45) is 0.